The Kier molecular flexibility index (Phi) is 23.9. The first-order valence-corrected chi connectivity index (χ1v) is 28.2. The summed E-state index contributed by atoms with van der Waals surface area (Å²) in [5, 5.41) is 62.0. The second-order valence-corrected chi connectivity index (χ2v) is 22.7. The average Bonchev–Trinajstić information content (AvgIpc) is 3.34. The number of halogens is 2. The number of carbonyl (C=O) groups excluding carboxylic acids is 2. The number of hydrogen-bond donors (Lipinski definition) is 4. The summed E-state index contributed by atoms with van der Waals surface area (Å²) in [6.07, 6.45) is 1.12. The topological polar surface area (TPSA) is 287 Å². The van der Waals surface area contributed by atoms with Crippen LogP contribution in [-0.4, -0.2) is 144 Å². The standard InChI is InChI=1S/2C28H32FN3O6S.Ca/c2*1-17(2)26-23(14-13-21(33)15-22(34)16-25(35)36)27(19-9-11-20(29)12-10-19)31-28(30-26)32(39(4,37)38)24-8-6-5-7-18(24)3;/h2*5-14,17,21-22,33-34H,15-16H2,1-4H3,(H,35,36);/q;;+2/p-2/b2*14-13+;/t2*21-,22-;/m11./s1. The van der Waals surface area contributed by atoms with Gasteiger partial charge in [-0.3, -0.25) is 0 Å². The Morgan fingerprint density at radius 1 is 0.557 bits per heavy atom. The van der Waals surface area contributed by atoms with Gasteiger partial charge in [0.25, 0.3) is 0 Å². The molecule has 2 heterocycles. The zero-order valence-electron chi connectivity index (χ0n) is 44.9. The van der Waals surface area contributed by atoms with Crippen LogP contribution in [0.5, 0.6) is 0 Å². The van der Waals surface area contributed by atoms with E-state index in [0.717, 1.165) is 21.1 Å². The summed E-state index contributed by atoms with van der Waals surface area (Å²) in [6.45, 7) is 11.0. The predicted molar refractivity (Wildman–Crippen MR) is 296 cm³/mol. The van der Waals surface area contributed by atoms with Gasteiger partial charge >= 0.3 is 37.7 Å². The van der Waals surface area contributed by atoms with E-state index in [1.807, 2.05) is 27.7 Å². The third-order valence-corrected chi connectivity index (χ3v) is 13.8. The summed E-state index contributed by atoms with van der Waals surface area (Å²) in [6, 6.07) is 24.8. The number of nitrogens with zero attached hydrogens (tertiary/aromatic N) is 6. The minimum Gasteiger partial charge on any atom is -0.550 e. The van der Waals surface area contributed by atoms with Crippen molar-refractivity contribution in [2.75, 3.05) is 21.1 Å². The molecule has 0 unspecified atom stereocenters. The van der Waals surface area contributed by atoms with Crippen molar-refractivity contribution < 1.29 is 65.8 Å². The number of carboxylic acids is 2. The van der Waals surface area contributed by atoms with E-state index in [-0.39, 0.29) is 74.3 Å². The van der Waals surface area contributed by atoms with Crippen molar-refractivity contribution in [2.24, 2.45) is 0 Å². The van der Waals surface area contributed by atoms with E-state index in [2.05, 4.69) is 19.9 Å². The molecule has 0 fully saturated rings. The fraction of sp³-hybridized carbons (Fsp3) is 0.321. The quantitative estimate of drug-likeness (QED) is 0.0587. The first kappa shape index (κ1) is 65.4. The minimum atomic E-state index is -3.89. The molecule has 0 amide bonds. The summed E-state index contributed by atoms with van der Waals surface area (Å²) in [4.78, 5) is 40.0. The smallest absolute Gasteiger partial charge is 0.550 e. The SMILES string of the molecule is Cc1ccccc1N(c1nc(-c2ccc(F)cc2)c(/C=C/[C@@H](O)C[C@@H](O)CC(=O)[O-])c(C(C)C)n1)S(C)(=O)=O.Cc1ccccc1N(c1nc(-c2ccc(F)cc2)c(/C=C/[C@@H](O)C[C@@H](O)CC(=O)[O-])c(C(C)C)n1)S(C)(=O)=O.[Ca+2]. The van der Waals surface area contributed by atoms with Crippen molar-refractivity contribution in [3.05, 3.63) is 154 Å². The van der Waals surface area contributed by atoms with E-state index in [1.54, 1.807) is 62.4 Å². The maximum absolute atomic E-state index is 13.8. The maximum atomic E-state index is 13.8. The largest absolute Gasteiger partial charge is 2.00 e. The molecule has 0 saturated carbocycles. The molecule has 416 valence electrons. The monoisotopic (exact) mass is 1150 g/mol. The Bertz CT molecular complexity index is 3150. The van der Waals surface area contributed by atoms with Gasteiger partial charge in [0.05, 0.1) is 71.1 Å². The number of benzene rings is 4. The molecule has 6 aromatic rings. The minimum absolute atomic E-state index is 0. The second-order valence-electron chi connectivity index (χ2n) is 19.1. The van der Waals surface area contributed by atoms with Crippen LogP contribution in [0, 0.1) is 25.5 Å². The fourth-order valence-electron chi connectivity index (χ4n) is 8.13. The zero-order chi connectivity index (χ0) is 57.8. The Morgan fingerprint density at radius 3 is 1.15 bits per heavy atom. The number of carbonyl (C=O) groups is 2. The van der Waals surface area contributed by atoms with Crippen molar-refractivity contribution in [2.45, 2.75) is 103 Å². The summed E-state index contributed by atoms with van der Waals surface area (Å²) in [5.74, 6) is -4.48. The maximum Gasteiger partial charge on any atom is 2.00 e. The van der Waals surface area contributed by atoms with Crippen LogP contribution in [0.25, 0.3) is 34.7 Å². The molecule has 0 bridgehead atoms. The molecule has 2 aromatic heterocycles. The molecule has 4 aromatic carbocycles. The van der Waals surface area contributed by atoms with Crippen LogP contribution in [-0.2, 0) is 29.6 Å². The van der Waals surface area contributed by atoms with Gasteiger partial charge < -0.3 is 40.2 Å². The number of para-hydroxylation sites is 2. The first-order valence-electron chi connectivity index (χ1n) is 24.5. The van der Waals surface area contributed by atoms with Crippen molar-refractivity contribution in [1.82, 2.24) is 19.9 Å². The van der Waals surface area contributed by atoms with Crippen molar-refractivity contribution in [3.8, 4) is 22.5 Å². The first-order chi connectivity index (χ1) is 36.5. The van der Waals surface area contributed by atoms with Gasteiger partial charge in [0, 0.05) is 59.9 Å². The van der Waals surface area contributed by atoms with Crippen LogP contribution in [0.1, 0.15) is 98.9 Å². The Morgan fingerprint density at radius 2 is 0.873 bits per heavy atom. The summed E-state index contributed by atoms with van der Waals surface area (Å²) in [5.41, 5.74) is 5.48. The number of aliphatic carboxylic acids is 2. The molecule has 4 atom stereocenters. The molecule has 6 rings (SSSR count). The fourth-order valence-corrected chi connectivity index (χ4v) is 10.0. The Balaban J connectivity index is 0.000000336. The van der Waals surface area contributed by atoms with E-state index in [4.69, 9.17) is 0 Å². The Hall–Kier alpha value is -6.08. The number of hydrogen-bond acceptors (Lipinski definition) is 16. The summed E-state index contributed by atoms with van der Waals surface area (Å²) in [7, 11) is -7.79. The second kappa shape index (κ2) is 28.9. The third kappa shape index (κ3) is 18.5. The van der Waals surface area contributed by atoms with Gasteiger partial charge in [0.1, 0.15) is 11.6 Å². The number of rotatable bonds is 22. The van der Waals surface area contributed by atoms with E-state index in [9.17, 15) is 65.8 Å². The van der Waals surface area contributed by atoms with Gasteiger partial charge in [-0.15, -0.1) is 0 Å². The van der Waals surface area contributed by atoms with Gasteiger partial charge in [-0.25, -0.2) is 54.2 Å². The molecular formula is C56H62CaF2N6O12S2. The predicted octanol–water partition coefficient (Wildman–Crippen LogP) is 5.77. The van der Waals surface area contributed by atoms with Crippen molar-refractivity contribution in [3.63, 3.8) is 0 Å². The van der Waals surface area contributed by atoms with Crippen LogP contribution in [0.15, 0.2) is 109 Å². The zero-order valence-corrected chi connectivity index (χ0v) is 48.7. The van der Waals surface area contributed by atoms with Gasteiger partial charge in [-0.05, 0) is 97.5 Å². The van der Waals surface area contributed by atoms with Crippen LogP contribution in [0.3, 0.4) is 0 Å². The van der Waals surface area contributed by atoms with E-state index in [1.165, 1.54) is 72.8 Å². The van der Waals surface area contributed by atoms with Crippen LogP contribution < -0.4 is 18.8 Å². The number of aryl methyl sites for hydroxylation is 2. The van der Waals surface area contributed by atoms with Crippen molar-refractivity contribution in [1.29, 1.82) is 0 Å². The number of carboxylic acid groups (broad SMARTS) is 2. The van der Waals surface area contributed by atoms with Gasteiger partial charge in [-0.2, -0.15) is 0 Å². The van der Waals surface area contributed by atoms with Crippen molar-refractivity contribution >= 4 is 105 Å². The molecule has 18 nitrogen and oxygen atoms in total. The van der Waals surface area contributed by atoms with Crippen LogP contribution in [0.4, 0.5) is 32.1 Å². The number of aliphatic hydroxyl groups excluding tert-OH is 4. The molecule has 23 heteroatoms. The van der Waals surface area contributed by atoms with Crippen LogP contribution >= 0.6 is 0 Å². The number of anilines is 4. The van der Waals surface area contributed by atoms with E-state index < -0.39 is 80.9 Å². The Labute approximate surface area is 489 Å². The molecule has 4 N–H and O–H groups in total. The van der Waals surface area contributed by atoms with Crippen LogP contribution in [0.2, 0.25) is 0 Å². The third-order valence-electron chi connectivity index (χ3n) is 11.8. The molecule has 79 heavy (non-hydrogen) atoms. The molecule has 0 saturated heterocycles. The average molecular weight is 1150 g/mol. The molecule has 0 aliphatic rings. The van der Waals surface area contributed by atoms with Gasteiger partial charge in [0.2, 0.25) is 31.9 Å². The molecule has 0 radical (unpaired) electrons. The number of aliphatic hydroxyl groups is 4. The summed E-state index contributed by atoms with van der Waals surface area (Å²) < 4.78 is 81.7. The van der Waals surface area contributed by atoms with E-state index >= 15 is 0 Å². The van der Waals surface area contributed by atoms with Gasteiger partial charge in [-0.1, -0.05) is 88.4 Å². The summed E-state index contributed by atoms with van der Waals surface area (Å²) >= 11 is 0. The molecule has 0 spiro atoms. The number of sulfonamides is 2. The number of aromatic nitrogens is 4. The molecular weight excluding hydrogens is 1090 g/mol. The molecule has 0 aliphatic heterocycles. The van der Waals surface area contributed by atoms with Gasteiger partial charge in [0.15, 0.2) is 0 Å². The normalized spacial score (nSPS) is 13.4. The van der Waals surface area contributed by atoms with E-state index in [0.29, 0.717) is 67.5 Å². The molecule has 0 aliphatic carbocycles.